The van der Waals surface area contributed by atoms with E-state index in [1.807, 2.05) is 49.4 Å². The van der Waals surface area contributed by atoms with Gasteiger partial charge in [-0.1, -0.05) is 23.8 Å². The lowest BCUT2D eigenvalue weighted by molar-refractivity contribution is 0.102. The van der Waals surface area contributed by atoms with Gasteiger partial charge in [-0.3, -0.25) is 4.79 Å². The maximum Gasteiger partial charge on any atom is 0.173 e. The average molecular weight is 302 g/mol. The van der Waals surface area contributed by atoms with Crippen molar-refractivity contribution in [1.29, 1.82) is 0 Å². The zero-order valence-electron chi connectivity index (χ0n) is 12.4. The van der Waals surface area contributed by atoms with Crippen LogP contribution in [0.1, 0.15) is 15.9 Å². The van der Waals surface area contributed by atoms with Crippen molar-refractivity contribution in [3.05, 3.63) is 53.6 Å². The monoisotopic (exact) mass is 302 g/mol. The summed E-state index contributed by atoms with van der Waals surface area (Å²) in [7, 11) is 3.20. The molecule has 0 amide bonds. The summed E-state index contributed by atoms with van der Waals surface area (Å²) in [5.74, 6) is 1.88. The Labute approximate surface area is 129 Å². The van der Waals surface area contributed by atoms with Crippen molar-refractivity contribution < 1.29 is 14.3 Å². The van der Waals surface area contributed by atoms with E-state index in [9.17, 15) is 4.79 Å². The molecule has 0 saturated heterocycles. The Morgan fingerprint density at radius 3 is 2.48 bits per heavy atom. The number of hydrogen-bond donors (Lipinski definition) is 0. The van der Waals surface area contributed by atoms with Gasteiger partial charge in [0.2, 0.25) is 0 Å². The summed E-state index contributed by atoms with van der Waals surface area (Å²) in [6.07, 6.45) is 0. The third-order valence-corrected chi connectivity index (χ3v) is 4.06. The summed E-state index contributed by atoms with van der Waals surface area (Å²) in [6, 6.07) is 13.3. The Kier molecular flexibility index (Phi) is 5.28. The van der Waals surface area contributed by atoms with Gasteiger partial charge in [0.05, 0.1) is 20.0 Å². The minimum Gasteiger partial charge on any atom is -0.493 e. The number of methoxy groups -OCH3 is 2. The third kappa shape index (κ3) is 4.02. The van der Waals surface area contributed by atoms with Crippen LogP contribution in [0, 0.1) is 6.92 Å². The van der Waals surface area contributed by atoms with Crippen LogP contribution < -0.4 is 9.47 Å². The first-order valence-electron chi connectivity index (χ1n) is 6.58. The van der Waals surface area contributed by atoms with E-state index in [0.717, 1.165) is 16.0 Å². The van der Waals surface area contributed by atoms with Gasteiger partial charge in [-0.05, 0) is 31.2 Å². The fourth-order valence-electron chi connectivity index (χ4n) is 1.96. The van der Waals surface area contributed by atoms with E-state index in [1.165, 1.54) is 11.8 Å². The number of ether oxygens (including phenoxy) is 2. The van der Waals surface area contributed by atoms with E-state index in [2.05, 4.69) is 0 Å². The lowest BCUT2D eigenvalue weighted by Gasteiger charge is -2.09. The number of thioether (sulfide) groups is 1. The van der Waals surface area contributed by atoms with Crippen molar-refractivity contribution >= 4 is 17.5 Å². The standard InChI is InChI=1S/C17H18O3S/c1-12-5-4-6-13(9-12)15(18)11-21-14-7-8-16(19-2)17(10-14)20-3/h4-10H,11H2,1-3H3. The molecule has 110 valence electrons. The maximum absolute atomic E-state index is 12.2. The molecule has 21 heavy (non-hydrogen) atoms. The minimum atomic E-state index is 0.124. The molecule has 0 aliphatic rings. The molecule has 0 spiro atoms. The lowest BCUT2D eigenvalue weighted by atomic mass is 10.1. The number of rotatable bonds is 6. The van der Waals surface area contributed by atoms with Gasteiger partial charge in [0.25, 0.3) is 0 Å². The predicted octanol–water partition coefficient (Wildman–Crippen LogP) is 3.99. The van der Waals surface area contributed by atoms with E-state index in [0.29, 0.717) is 17.3 Å². The van der Waals surface area contributed by atoms with Gasteiger partial charge >= 0.3 is 0 Å². The second kappa shape index (κ2) is 7.18. The molecule has 0 heterocycles. The molecule has 0 fully saturated rings. The number of ketones is 1. The molecule has 0 aromatic heterocycles. The number of carbonyl (C=O) groups excluding carboxylic acids is 1. The largest absolute Gasteiger partial charge is 0.493 e. The Morgan fingerprint density at radius 2 is 1.81 bits per heavy atom. The normalized spacial score (nSPS) is 10.2. The Balaban J connectivity index is 2.04. The zero-order valence-corrected chi connectivity index (χ0v) is 13.2. The quantitative estimate of drug-likeness (QED) is 0.597. The fourth-order valence-corrected chi connectivity index (χ4v) is 2.78. The first kappa shape index (κ1) is 15.4. The van der Waals surface area contributed by atoms with Crippen LogP contribution in [-0.4, -0.2) is 25.8 Å². The number of hydrogen-bond acceptors (Lipinski definition) is 4. The molecule has 0 bridgehead atoms. The highest BCUT2D eigenvalue weighted by Gasteiger charge is 2.09. The van der Waals surface area contributed by atoms with Crippen molar-refractivity contribution in [2.75, 3.05) is 20.0 Å². The van der Waals surface area contributed by atoms with E-state index in [1.54, 1.807) is 14.2 Å². The zero-order chi connectivity index (χ0) is 15.2. The molecule has 2 aromatic rings. The second-order valence-corrected chi connectivity index (χ2v) is 5.65. The van der Waals surface area contributed by atoms with Crippen LogP contribution in [0.5, 0.6) is 11.5 Å². The smallest absolute Gasteiger partial charge is 0.173 e. The molecule has 0 saturated carbocycles. The molecule has 0 radical (unpaired) electrons. The Morgan fingerprint density at radius 1 is 1.05 bits per heavy atom. The molecule has 3 nitrogen and oxygen atoms in total. The van der Waals surface area contributed by atoms with Crippen LogP contribution in [0.25, 0.3) is 0 Å². The molecule has 0 aliphatic heterocycles. The minimum absolute atomic E-state index is 0.124. The van der Waals surface area contributed by atoms with Gasteiger partial charge in [-0.2, -0.15) is 0 Å². The van der Waals surface area contributed by atoms with Gasteiger partial charge < -0.3 is 9.47 Å². The summed E-state index contributed by atoms with van der Waals surface area (Å²) in [5.41, 5.74) is 1.85. The van der Waals surface area contributed by atoms with Crippen molar-refractivity contribution in [1.82, 2.24) is 0 Å². The molecule has 4 heteroatoms. The van der Waals surface area contributed by atoms with Gasteiger partial charge in [0.1, 0.15) is 0 Å². The lowest BCUT2D eigenvalue weighted by Crippen LogP contribution is -2.02. The van der Waals surface area contributed by atoms with Crippen LogP contribution in [0.4, 0.5) is 0 Å². The average Bonchev–Trinajstić information content (AvgIpc) is 2.52. The highest BCUT2D eigenvalue weighted by molar-refractivity contribution is 8.00. The van der Waals surface area contributed by atoms with Crippen LogP contribution in [0.15, 0.2) is 47.4 Å². The van der Waals surface area contributed by atoms with Gasteiger partial charge in [-0.25, -0.2) is 0 Å². The number of carbonyl (C=O) groups is 1. The first-order valence-corrected chi connectivity index (χ1v) is 7.57. The topological polar surface area (TPSA) is 35.5 Å². The highest BCUT2D eigenvalue weighted by Crippen LogP contribution is 2.32. The summed E-state index contributed by atoms with van der Waals surface area (Å²) in [6.45, 7) is 1.98. The number of benzene rings is 2. The maximum atomic E-state index is 12.2. The SMILES string of the molecule is COc1ccc(SCC(=O)c2cccc(C)c2)cc1OC. The van der Waals surface area contributed by atoms with Crippen molar-refractivity contribution in [2.24, 2.45) is 0 Å². The van der Waals surface area contributed by atoms with Gasteiger partial charge in [-0.15, -0.1) is 11.8 Å². The van der Waals surface area contributed by atoms with Crippen molar-refractivity contribution in [3.8, 4) is 11.5 Å². The van der Waals surface area contributed by atoms with Crippen LogP contribution in [0.2, 0.25) is 0 Å². The first-order chi connectivity index (χ1) is 10.1. The summed E-state index contributed by atoms with van der Waals surface area (Å²) >= 11 is 1.49. The molecular weight excluding hydrogens is 284 g/mol. The van der Waals surface area contributed by atoms with Crippen molar-refractivity contribution in [3.63, 3.8) is 0 Å². The highest BCUT2D eigenvalue weighted by atomic mass is 32.2. The molecule has 0 atom stereocenters. The van der Waals surface area contributed by atoms with E-state index in [-0.39, 0.29) is 5.78 Å². The summed E-state index contributed by atoms with van der Waals surface area (Å²) in [5, 5.41) is 0. The third-order valence-electron chi connectivity index (χ3n) is 3.06. The van der Waals surface area contributed by atoms with Gasteiger partial charge in [0.15, 0.2) is 17.3 Å². The molecule has 0 unspecified atom stereocenters. The molecule has 2 rings (SSSR count). The molecule has 0 N–H and O–H groups in total. The van der Waals surface area contributed by atoms with E-state index >= 15 is 0 Å². The molecule has 2 aromatic carbocycles. The van der Waals surface area contributed by atoms with Crippen LogP contribution >= 0.6 is 11.8 Å². The Hall–Kier alpha value is -1.94. The number of Topliss-reactive ketones (excluding diaryl/α,β-unsaturated/α-hetero) is 1. The summed E-state index contributed by atoms with van der Waals surface area (Å²) < 4.78 is 10.5. The Bertz CT molecular complexity index is 638. The summed E-state index contributed by atoms with van der Waals surface area (Å²) in [4.78, 5) is 13.2. The van der Waals surface area contributed by atoms with Gasteiger partial charge in [0, 0.05) is 10.5 Å². The molecular formula is C17H18O3S. The van der Waals surface area contributed by atoms with Crippen LogP contribution in [-0.2, 0) is 0 Å². The van der Waals surface area contributed by atoms with Crippen molar-refractivity contribution in [2.45, 2.75) is 11.8 Å². The van der Waals surface area contributed by atoms with Crippen LogP contribution in [0.3, 0.4) is 0 Å². The molecule has 0 aliphatic carbocycles. The van der Waals surface area contributed by atoms with E-state index in [4.69, 9.17) is 9.47 Å². The van der Waals surface area contributed by atoms with E-state index < -0.39 is 0 Å². The second-order valence-electron chi connectivity index (χ2n) is 4.60. The number of aryl methyl sites for hydroxylation is 1. The fraction of sp³-hybridized carbons (Fsp3) is 0.235. The predicted molar refractivity (Wildman–Crippen MR) is 85.8 cm³/mol.